The number of anilines is 1. The van der Waals surface area contributed by atoms with Gasteiger partial charge >= 0.3 is 6.09 Å². The number of carbonyl (C=O) groups is 1. The van der Waals surface area contributed by atoms with Gasteiger partial charge in [0, 0.05) is 12.6 Å². The normalized spacial score (nSPS) is 12.3. The molecule has 0 aromatic heterocycles. The largest absolute Gasteiger partial charge is 0.506 e. The molecule has 2 aromatic carbocycles. The number of aromatic hydroxyl groups is 1. The first kappa shape index (κ1) is 22.4. The second-order valence-electron chi connectivity index (χ2n) is 7.85. The highest BCUT2D eigenvalue weighted by Gasteiger charge is 2.24. The van der Waals surface area contributed by atoms with Crippen molar-refractivity contribution >= 4 is 11.8 Å². The molecule has 0 heterocycles. The Morgan fingerprint density at radius 3 is 2.48 bits per heavy atom. The summed E-state index contributed by atoms with van der Waals surface area (Å²) >= 11 is 0. The zero-order valence-corrected chi connectivity index (χ0v) is 17.2. The number of benzene rings is 2. The Morgan fingerprint density at radius 1 is 1.17 bits per heavy atom. The van der Waals surface area contributed by atoms with E-state index in [0.29, 0.717) is 18.7 Å². The van der Waals surface area contributed by atoms with Crippen LogP contribution in [-0.2, 0) is 11.2 Å². The van der Waals surface area contributed by atoms with E-state index < -0.39 is 17.8 Å². The van der Waals surface area contributed by atoms with E-state index in [1.165, 1.54) is 17.0 Å². The Kier molecular flexibility index (Phi) is 7.73. The molecule has 1 atom stereocenters. The molecule has 7 heteroatoms. The van der Waals surface area contributed by atoms with E-state index in [1.54, 1.807) is 26.8 Å². The maximum absolute atomic E-state index is 12.6. The third-order valence-corrected chi connectivity index (χ3v) is 4.04. The number of amides is 1. The molecule has 29 heavy (non-hydrogen) atoms. The van der Waals surface area contributed by atoms with Gasteiger partial charge in [-0.2, -0.15) is 0 Å². The third-order valence-electron chi connectivity index (χ3n) is 4.04. The quantitative estimate of drug-likeness (QED) is 0.463. The molecule has 2 aromatic rings. The summed E-state index contributed by atoms with van der Waals surface area (Å²) in [5, 5.41) is 20.0. The van der Waals surface area contributed by atoms with E-state index in [2.05, 4.69) is 0 Å². The van der Waals surface area contributed by atoms with Crippen molar-refractivity contribution in [1.82, 2.24) is 4.90 Å². The van der Waals surface area contributed by atoms with Gasteiger partial charge in [0.1, 0.15) is 29.8 Å². The van der Waals surface area contributed by atoms with Crippen molar-refractivity contribution in [2.24, 2.45) is 0 Å². The molecule has 0 saturated carbocycles. The monoisotopic (exact) mass is 402 g/mol. The van der Waals surface area contributed by atoms with Crippen molar-refractivity contribution < 1.29 is 24.5 Å². The third kappa shape index (κ3) is 7.91. The summed E-state index contributed by atoms with van der Waals surface area (Å²) < 4.78 is 11.0. The van der Waals surface area contributed by atoms with Crippen LogP contribution in [0, 0.1) is 0 Å². The number of nitrogens with two attached hydrogens (primary N) is 1. The van der Waals surface area contributed by atoms with E-state index in [1.807, 2.05) is 30.3 Å². The van der Waals surface area contributed by atoms with E-state index >= 15 is 0 Å². The topological polar surface area (TPSA) is 105 Å². The second kappa shape index (κ2) is 10.0. The van der Waals surface area contributed by atoms with Crippen LogP contribution in [0.25, 0.3) is 0 Å². The molecule has 0 spiro atoms. The number of aliphatic hydroxyl groups excluding tert-OH is 1. The minimum absolute atomic E-state index is 0.0476. The highest BCUT2D eigenvalue weighted by molar-refractivity contribution is 5.68. The van der Waals surface area contributed by atoms with E-state index in [9.17, 15) is 15.0 Å². The van der Waals surface area contributed by atoms with Gasteiger partial charge in [-0.1, -0.05) is 30.3 Å². The minimum atomic E-state index is -0.932. The molecule has 0 aliphatic rings. The van der Waals surface area contributed by atoms with Crippen molar-refractivity contribution in [3.8, 4) is 11.5 Å². The average Bonchev–Trinajstić information content (AvgIpc) is 2.65. The summed E-state index contributed by atoms with van der Waals surface area (Å²) in [7, 11) is 0. The molecule has 0 aliphatic carbocycles. The molecule has 0 fully saturated rings. The first-order valence-corrected chi connectivity index (χ1v) is 9.55. The molecule has 1 amide bonds. The summed E-state index contributed by atoms with van der Waals surface area (Å²) in [6.07, 6.45) is -0.782. The smallest absolute Gasteiger partial charge is 0.410 e. The van der Waals surface area contributed by atoms with Crippen LogP contribution in [0.15, 0.2) is 48.5 Å². The SMILES string of the molecule is CC(C)(C)OC(=O)N(CCc1ccccc1)C[C@H](O)COc1ccc(N)c(O)c1. The van der Waals surface area contributed by atoms with Gasteiger partial charge in [-0.25, -0.2) is 4.79 Å². The molecule has 0 radical (unpaired) electrons. The summed E-state index contributed by atoms with van der Waals surface area (Å²) in [5.41, 5.74) is 6.26. The van der Waals surface area contributed by atoms with Crippen LogP contribution in [0.2, 0.25) is 0 Å². The molecule has 0 unspecified atom stereocenters. The number of nitrogens with zero attached hydrogens (tertiary/aromatic N) is 1. The van der Waals surface area contributed by atoms with Gasteiger partial charge in [-0.05, 0) is 44.9 Å². The standard InChI is InChI=1S/C22H30N2O5/c1-22(2,3)29-21(27)24(12-11-16-7-5-4-6-8-16)14-17(25)15-28-18-9-10-19(23)20(26)13-18/h4-10,13,17,25-26H,11-12,14-15,23H2,1-3H3/t17-/m0/s1. The zero-order chi connectivity index (χ0) is 21.4. The van der Waals surface area contributed by atoms with E-state index in [-0.39, 0.29) is 24.6 Å². The number of carbonyl (C=O) groups excluding carboxylic acids is 1. The number of phenols is 1. The van der Waals surface area contributed by atoms with Crippen LogP contribution >= 0.6 is 0 Å². The summed E-state index contributed by atoms with van der Waals surface area (Å²) in [6, 6.07) is 14.3. The number of hydrogen-bond donors (Lipinski definition) is 3. The summed E-state index contributed by atoms with van der Waals surface area (Å²) in [6.45, 7) is 5.81. The van der Waals surface area contributed by atoms with Crippen LogP contribution in [0.5, 0.6) is 11.5 Å². The Morgan fingerprint density at radius 2 is 1.86 bits per heavy atom. The van der Waals surface area contributed by atoms with Gasteiger partial charge in [-0.3, -0.25) is 0 Å². The number of hydrogen-bond acceptors (Lipinski definition) is 6. The van der Waals surface area contributed by atoms with Crippen LogP contribution in [0.4, 0.5) is 10.5 Å². The van der Waals surface area contributed by atoms with Gasteiger partial charge in [0.15, 0.2) is 0 Å². The minimum Gasteiger partial charge on any atom is -0.506 e. The number of phenolic OH excluding ortho intramolecular Hbond substituents is 1. The van der Waals surface area contributed by atoms with Crippen molar-refractivity contribution in [2.75, 3.05) is 25.4 Å². The van der Waals surface area contributed by atoms with Crippen LogP contribution < -0.4 is 10.5 Å². The van der Waals surface area contributed by atoms with Crippen LogP contribution in [0.1, 0.15) is 26.3 Å². The fourth-order valence-electron chi connectivity index (χ4n) is 2.61. The highest BCUT2D eigenvalue weighted by atomic mass is 16.6. The van der Waals surface area contributed by atoms with E-state index in [4.69, 9.17) is 15.2 Å². The lowest BCUT2D eigenvalue weighted by molar-refractivity contribution is 0.00944. The van der Waals surface area contributed by atoms with Crippen LogP contribution in [-0.4, -0.2) is 52.6 Å². The predicted molar refractivity (Wildman–Crippen MR) is 112 cm³/mol. The van der Waals surface area contributed by atoms with Crippen molar-refractivity contribution in [1.29, 1.82) is 0 Å². The lowest BCUT2D eigenvalue weighted by atomic mass is 10.1. The van der Waals surface area contributed by atoms with Crippen molar-refractivity contribution in [3.63, 3.8) is 0 Å². The van der Waals surface area contributed by atoms with Gasteiger partial charge in [-0.15, -0.1) is 0 Å². The first-order chi connectivity index (χ1) is 13.6. The number of aliphatic hydroxyl groups is 1. The van der Waals surface area contributed by atoms with Crippen molar-refractivity contribution in [2.45, 2.75) is 38.9 Å². The summed E-state index contributed by atoms with van der Waals surface area (Å²) in [5.74, 6) is 0.291. The van der Waals surface area contributed by atoms with Crippen molar-refractivity contribution in [3.05, 3.63) is 54.1 Å². The predicted octanol–water partition coefficient (Wildman–Crippen LogP) is 3.19. The maximum atomic E-state index is 12.6. The number of ether oxygens (including phenoxy) is 2. The molecule has 158 valence electrons. The Bertz CT molecular complexity index is 790. The fraction of sp³-hybridized carbons (Fsp3) is 0.409. The second-order valence-corrected chi connectivity index (χ2v) is 7.85. The van der Waals surface area contributed by atoms with Gasteiger partial charge in [0.25, 0.3) is 0 Å². The molecule has 0 saturated heterocycles. The molecule has 0 aliphatic heterocycles. The van der Waals surface area contributed by atoms with Gasteiger partial charge in [0.05, 0.1) is 12.2 Å². The molecule has 4 N–H and O–H groups in total. The lowest BCUT2D eigenvalue weighted by Crippen LogP contribution is -2.43. The first-order valence-electron chi connectivity index (χ1n) is 9.55. The molecular weight excluding hydrogens is 372 g/mol. The van der Waals surface area contributed by atoms with Gasteiger partial charge < -0.3 is 30.3 Å². The molecular formula is C22H30N2O5. The average molecular weight is 402 g/mol. The molecule has 7 nitrogen and oxygen atoms in total. The molecule has 2 rings (SSSR count). The van der Waals surface area contributed by atoms with Crippen LogP contribution in [0.3, 0.4) is 0 Å². The number of nitrogen functional groups attached to an aromatic ring is 1. The zero-order valence-electron chi connectivity index (χ0n) is 17.2. The lowest BCUT2D eigenvalue weighted by Gasteiger charge is -2.29. The number of rotatable bonds is 8. The summed E-state index contributed by atoms with van der Waals surface area (Å²) in [4.78, 5) is 14.1. The highest BCUT2D eigenvalue weighted by Crippen LogP contribution is 2.25. The Balaban J connectivity index is 1.96. The Labute approximate surface area is 171 Å². The maximum Gasteiger partial charge on any atom is 0.410 e. The fourth-order valence-corrected chi connectivity index (χ4v) is 2.61. The Hall–Kier alpha value is -2.93. The van der Waals surface area contributed by atoms with Gasteiger partial charge in [0.2, 0.25) is 0 Å². The van der Waals surface area contributed by atoms with E-state index in [0.717, 1.165) is 5.56 Å². The molecule has 0 bridgehead atoms.